The Hall–Kier alpha value is -3.18. The van der Waals surface area contributed by atoms with Gasteiger partial charge in [-0.3, -0.25) is 9.10 Å². The van der Waals surface area contributed by atoms with Crippen molar-refractivity contribution >= 4 is 39.2 Å². The topological polar surface area (TPSA) is 112 Å². The molecule has 11 heteroatoms. The third kappa shape index (κ3) is 3.64. The first kappa shape index (κ1) is 23.2. The van der Waals surface area contributed by atoms with Crippen molar-refractivity contribution in [2.75, 3.05) is 40.5 Å². The number of nitrogens with one attached hydrogen (secondary N) is 1. The van der Waals surface area contributed by atoms with Crippen molar-refractivity contribution in [3.8, 4) is 0 Å². The van der Waals surface area contributed by atoms with E-state index >= 15 is 0 Å². The molecule has 1 N–H and O–H groups in total. The molecule has 1 saturated carbocycles. The van der Waals surface area contributed by atoms with Crippen LogP contribution in [-0.2, 0) is 32.5 Å². The Bertz CT molecular complexity index is 1370. The first-order valence-corrected chi connectivity index (χ1v) is 14.0. The average Bonchev–Trinajstić information content (AvgIpc) is 3.18. The lowest BCUT2D eigenvalue weighted by molar-refractivity contribution is -0.123. The average molecular weight is 512 g/mol. The number of benzene rings is 1. The van der Waals surface area contributed by atoms with Crippen LogP contribution in [0.1, 0.15) is 25.0 Å². The lowest BCUT2D eigenvalue weighted by atomic mass is 10.0. The molecule has 36 heavy (non-hydrogen) atoms. The van der Waals surface area contributed by atoms with E-state index in [1.165, 1.54) is 4.31 Å². The molecule has 2 aromatic rings. The van der Waals surface area contributed by atoms with Crippen molar-refractivity contribution in [1.82, 2.24) is 9.88 Å². The van der Waals surface area contributed by atoms with Gasteiger partial charge in [0.2, 0.25) is 10.0 Å². The van der Waals surface area contributed by atoms with Crippen LogP contribution in [0.3, 0.4) is 0 Å². The second-order valence-electron chi connectivity index (χ2n) is 10.6. The van der Waals surface area contributed by atoms with Crippen LogP contribution in [0.2, 0.25) is 0 Å². The van der Waals surface area contributed by atoms with Crippen LogP contribution >= 0.6 is 0 Å². The summed E-state index contributed by atoms with van der Waals surface area (Å²) in [6.07, 6.45) is 3.46. The standard InChI is InChI=1S/C25H29N5O5S/c1-25(2)23(31)30(17-5-4-16-7-9-29(20(16)11-17)36(3,33)34)24(32)28(25)12-15-6-8-26-21(10-15)27-22-18-13-35-14-19(18)22/h4-6,8,10-11,18-19,22H,7,9,12-14H2,1-3H3,(H,26,27). The Labute approximate surface area is 210 Å². The molecule has 2 atom stereocenters. The second kappa shape index (κ2) is 7.91. The summed E-state index contributed by atoms with van der Waals surface area (Å²) in [5.74, 6) is 1.46. The minimum atomic E-state index is -3.46. The Morgan fingerprint density at radius 2 is 1.89 bits per heavy atom. The van der Waals surface area contributed by atoms with Gasteiger partial charge in [0.05, 0.1) is 30.8 Å². The number of carbonyl (C=O) groups is 2. The third-order valence-corrected chi connectivity index (χ3v) is 9.02. The predicted molar refractivity (Wildman–Crippen MR) is 134 cm³/mol. The van der Waals surface area contributed by atoms with E-state index in [1.807, 2.05) is 12.1 Å². The summed E-state index contributed by atoms with van der Waals surface area (Å²) in [6, 6.07) is 8.84. The number of anilines is 3. The molecule has 10 nitrogen and oxygen atoms in total. The van der Waals surface area contributed by atoms with Gasteiger partial charge in [-0.1, -0.05) is 6.07 Å². The van der Waals surface area contributed by atoms with E-state index in [4.69, 9.17) is 4.74 Å². The van der Waals surface area contributed by atoms with E-state index in [9.17, 15) is 18.0 Å². The van der Waals surface area contributed by atoms with Gasteiger partial charge in [0, 0.05) is 37.2 Å². The number of imide groups is 1. The minimum absolute atomic E-state index is 0.242. The van der Waals surface area contributed by atoms with Crippen molar-refractivity contribution in [2.45, 2.75) is 38.4 Å². The molecular weight excluding hydrogens is 482 g/mol. The number of amides is 3. The Balaban J connectivity index is 1.24. The highest BCUT2D eigenvalue weighted by Gasteiger charge is 2.54. The number of ether oxygens (including phenoxy) is 1. The number of aromatic nitrogens is 1. The Morgan fingerprint density at radius 3 is 2.61 bits per heavy atom. The number of hydrogen-bond acceptors (Lipinski definition) is 7. The van der Waals surface area contributed by atoms with Crippen molar-refractivity contribution < 1.29 is 22.7 Å². The van der Waals surface area contributed by atoms with E-state index in [-0.39, 0.29) is 12.5 Å². The predicted octanol–water partition coefficient (Wildman–Crippen LogP) is 2.21. The van der Waals surface area contributed by atoms with Gasteiger partial charge in [0.1, 0.15) is 11.4 Å². The molecule has 1 aromatic carbocycles. The summed E-state index contributed by atoms with van der Waals surface area (Å²) in [4.78, 5) is 34.2. The Kier molecular flexibility index (Phi) is 5.10. The van der Waals surface area contributed by atoms with Crippen molar-refractivity contribution in [3.05, 3.63) is 47.7 Å². The van der Waals surface area contributed by atoms with Gasteiger partial charge in [-0.25, -0.2) is 23.1 Å². The summed E-state index contributed by atoms with van der Waals surface area (Å²) in [5.41, 5.74) is 1.56. The lowest BCUT2D eigenvalue weighted by Gasteiger charge is -2.27. The van der Waals surface area contributed by atoms with Gasteiger partial charge in [0.25, 0.3) is 5.91 Å². The number of urea groups is 1. The maximum Gasteiger partial charge on any atom is 0.332 e. The zero-order valence-electron chi connectivity index (χ0n) is 20.5. The fourth-order valence-electron chi connectivity index (χ4n) is 5.61. The highest BCUT2D eigenvalue weighted by molar-refractivity contribution is 7.92. The second-order valence-corrected chi connectivity index (χ2v) is 12.5. The summed E-state index contributed by atoms with van der Waals surface area (Å²) >= 11 is 0. The van der Waals surface area contributed by atoms with E-state index in [2.05, 4.69) is 10.3 Å². The van der Waals surface area contributed by atoms with Crippen LogP contribution in [0.15, 0.2) is 36.5 Å². The zero-order valence-corrected chi connectivity index (χ0v) is 21.3. The number of rotatable bonds is 6. The van der Waals surface area contributed by atoms with Gasteiger partial charge < -0.3 is 15.0 Å². The molecular formula is C25H29N5O5S. The Morgan fingerprint density at radius 1 is 1.14 bits per heavy atom. The molecule has 0 radical (unpaired) electrons. The van der Waals surface area contributed by atoms with E-state index < -0.39 is 21.6 Å². The molecule has 4 heterocycles. The molecule has 1 aromatic heterocycles. The smallest absolute Gasteiger partial charge is 0.332 e. The molecule has 3 amide bonds. The number of pyridine rings is 1. The summed E-state index contributed by atoms with van der Waals surface area (Å²) in [7, 11) is -3.46. The first-order valence-electron chi connectivity index (χ1n) is 12.1. The van der Waals surface area contributed by atoms with Crippen LogP contribution in [0.5, 0.6) is 0 Å². The minimum Gasteiger partial charge on any atom is -0.381 e. The fraction of sp³-hybridized carbons (Fsp3) is 0.480. The van der Waals surface area contributed by atoms with Crippen LogP contribution in [-0.4, -0.2) is 67.8 Å². The third-order valence-electron chi connectivity index (χ3n) is 7.84. The van der Waals surface area contributed by atoms with Crippen molar-refractivity contribution in [1.29, 1.82) is 0 Å². The molecule has 3 fully saturated rings. The van der Waals surface area contributed by atoms with E-state index in [1.54, 1.807) is 43.1 Å². The van der Waals surface area contributed by atoms with Gasteiger partial charge in [0.15, 0.2) is 0 Å². The largest absolute Gasteiger partial charge is 0.381 e. The zero-order chi connectivity index (χ0) is 25.4. The molecule has 1 aliphatic carbocycles. The fourth-order valence-corrected chi connectivity index (χ4v) is 6.56. The van der Waals surface area contributed by atoms with Crippen LogP contribution < -0.4 is 14.5 Å². The summed E-state index contributed by atoms with van der Waals surface area (Å²) < 4.78 is 31.2. The highest BCUT2D eigenvalue weighted by Crippen LogP contribution is 2.46. The van der Waals surface area contributed by atoms with E-state index in [0.717, 1.165) is 41.3 Å². The molecule has 2 saturated heterocycles. The highest BCUT2D eigenvalue weighted by atomic mass is 32.2. The van der Waals surface area contributed by atoms with Crippen molar-refractivity contribution in [3.63, 3.8) is 0 Å². The maximum atomic E-state index is 13.6. The maximum absolute atomic E-state index is 13.6. The molecule has 4 aliphatic rings. The number of nitrogens with zero attached hydrogens (tertiary/aromatic N) is 4. The van der Waals surface area contributed by atoms with Crippen LogP contribution in [0.25, 0.3) is 0 Å². The first-order chi connectivity index (χ1) is 17.1. The monoisotopic (exact) mass is 511 g/mol. The lowest BCUT2D eigenvalue weighted by Crippen LogP contribution is -2.43. The van der Waals surface area contributed by atoms with E-state index in [0.29, 0.717) is 42.2 Å². The SMILES string of the molecule is CC1(C)C(=O)N(c2ccc3c(c2)N(S(C)(=O)=O)CC3)C(=O)N1Cc1ccnc(NC2C3COCC32)c1. The number of sulfonamides is 1. The quantitative estimate of drug-likeness (QED) is 0.592. The molecule has 190 valence electrons. The summed E-state index contributed by atoms with van der Waals surface area (Å²) in [5, 5.41) is 3.47. The normalized spacial score (nSPS) is 26.4. The summed E-state index contributed by atoms with van der Waals surface area (Å²) in [6.45, 7) is 5.61. The number of hydrogen-bond donors (Lipinski definition) is 1. The van der Waals surface area contributed by atoms with Gasteiger partial charge in [-0.05, 0) is 55.7 Å². The molecule has 0 spiro atoms. The number of carbonyl (C=O) groups excluding carboxylic acids is 2. The molecule has 6 rings (SSSR count). The van der Waals surface area contributed by atoms with Gasteiger partial charge in [-0.15, -0.1) is 0 Å². The number of fused-ring (bicyclic) bond motifs is 2. The van der Waals surface area contributed by atoms with Crippen LogP contribution in [0.4, 0.5) is 22.0 Å². The molecule has 3 aliphatic heterocycles. The molecule has 2 unspecified atom stereocenters. The molecule has 0 bridgehead atoms. The van der Waals surface area contributed by atoms with Crippen LogP contribution in [0, 0.1) is 11.8 Å². The van der Waals surface area contributed by atoms with Gasteiger partial charge in [-0.2, -0.15) is 0 Å². The van der Waals surface area contributed by atoms with Crippen molar-refractivity contribution in [2.24, 2.45) is 11.8 Å². The van der Waals surface area contributed by atoms with Gasteiger partial charge >= 0.3 is 6.03 Å².